The van der Waals surface area contributed by atoms with Gasteiger partial charge in [0, 0.05) is 7.05 Å². The predicted octanol–water partition coefficient (Wildman–Crippen LogP) is 1.96. The van der Waals surface area contributed by atoms with Gasteiger partial charge in [0.05, 0.1) is 17.4 Å². The largest absolute Gasteiger partial charge is 0.368 e. The highest BCUT2D eigenvalue weighted by Gasteiger charge is 2.14. The minimum Gasteiger partial charge on any atom is -0.368 e. The molecule has 1 heterocycles. The number of nitrogens with zero attached hydrogens (tertiary/aromatic N) is 3. The van der Waals surface area contributed by atoms with Gasteiger partial charge in [-0.05, 0) is 69.3 Å². The highest BCUT2D eigenvalue weighted by atomic mass is 19.1. The van der Waals surface area contributed by atoms with E-state index in [1.807, 2.05) is 25.1 Å². The Morgan fingerprint density at radius 1 is 1.39 bits per heavy atom. The average Bonchev–Trinajstić information content (AvgIpc) is 2.88. The van der Waals surface area contributed by atoms with E-state index in [0.29, 0.717) is 0 Å². The van der Waals surface area contributed by atoms with E-state index in [1.165, 1.54) is 12.1 Å². The van der Waals surface area contributed by atoms with Crippen LogP contribution in [0.5, 0.6) is 0 Å². The zero-order valence-corrected chi connectivity index (χ0v) is 13.8. The van der Waals surface area contributed by atoms with E-state index < -0.39 is 0 Å². The number of hydrogen-bond acceptors (Lipinski definition) is 3. The van der Waals surface area contributed by atoms with Crippen LogP contribution in [0.2, 0.25) is 0 Å². The fourth-order valence-corrected chi connectivity index (χ4v) is 2.46. The molecular weight excluding hydrogens is 295 g/mol. The molecule has 0 bridgehead atoms. The second kappa shape index (κ2) is 7.37. The van der Waals surface area contributed by atoms with Gasteiger partial charge in [0.1, 0.15) is 5.82 Å². The fourth-order valence-electron chi connectivity index (χ4n) is 2.46. The molecule has 2 rings (SSSR count). The zero-order chi connectivity index (χ0) is 17.0. The Balaban J connectivity index is 1.96. The van der Waals surface area contributed by atoms with Crippen molar-refractivity contribution in [2.75, 3.05) is 13.6 Å². The molecule has 1 aromatic heterocycles. The van der Waals surface area contributed by atoms with Gasteiger partial charge in [0.25, 0.3) is 0 Å². The average molecular weight is 318 g/mol. The number of nitrogens with two attached hydrogens (primary N) is 1. The second-order valence-corrected chi connectivity index (χ2v) is 5.81. The second-order valence-electron chi connectivity index (χ2n) is 5.81. The van der Waals surface area contributed by atoms with Gasteiger partial charge in [-0.15, -0.1) is 0 Å². The predicted molar refractivity (Wildman–Crippen MR) is 88.2 cm³/mol. The van der Waals surface area contributed by atoms with Crippen molar-refractivity contribution in [2.24, 2.45) is 12.8 Å². The van der Waals surface area contributed by atoms with Crippen LogP contribution in [0.4, 0.5) is 4.39 Å². The van der Waals surface area contributed by atoms with Crippen LogP contribution in [0, 0.1) is 5.82 Å². The molecule has 124 valence electrons. The quantitative estimate of drug-likeness (QED) is 0.849. The lowest BCUT2D eigenvalue weighted by atomic mass is 10.1. The molecule has 0 unspecified atom stereocenters. The Bertz CT molecular complexity index is 666. The lowest BCUT2D eigenvalue weighted by Crippen LogP contribution is -2.40. The molecule has 0 aliphatic heterocycles. The summed E-state index contributed by atoms with van der Waals surface area (Å²) in [7, 11) is 3.77. The maximum atomic E-state index is 13.0. The number of carbonyl (C=O) groups is 1. The number of aromatic nitrogens is 2. The summed E-state index contributed by atoms with van der Waals surface area (Å²) in [6.07, 6.45) is 1.69. The first-order valence-corrected chi connectivity index (χ1v) is 7.67. The first kappa shape index (κ1) is 17.1. The van der Waals surface area contributed by atoms with Gasteiger partial charge in [-0.1, -0.05) is 0 Å². The summed E-state index contributed by atoms with van der Waals surface area (Å²) >= 11 is 0. The van der Waals surface area contributed by atoms with Gasteiger partial charge in [-0.2, -0.15) is 5.10 Å². The minimum absolute atomic E-state index is 0.247. The number of benzene rings is 1. The third-order valence-electron chi connectivity index (χ3n) is 4.09. The molecule has 5 nitrogen and oxygen atoms in total. The summed E-state index contributed by atoms with van der Waals surface area (Å²) in [5, 5.41) is 4.50. The van der Waals surface area contributed by atoms with E-state index in [-0.39, 0.29) is 17.8 Å². The Morgan fingerprint density at radius 3 is 2.65 bits per heavy atom. The summed E-state index contributed by atoms with van der Waals surface area (Å²) in [5.41, 5.74) is 8.17. The van der Waals surface area contributed by atoms with Crippen molar-refractivity contribution < 1.29 is 9.18 Å². The number of likely N-dealkylation sites (N-methyl/N-ethyl adjacent to an activating group) is 1. The monoisotopic (exact) mass is 318 g/mol. The number of amides is 1. The Hall–Kier alpha value is -2.21. The molecule has 0 aliphatic rings. The molecule has 1 aromatic carbocycles. The maximum Gasteiger partial charge on any atom is 0.234 e. The van der Waals surface area contributed by atoms with Crippen molar-refractivity contribution in [3.63, 3.8) is 0 Å². The van der Waals surface area contributed by atoms with Crippen molar-refractivity contribution in [2.45, 2.75) is 25.8 Å². The van der Waals surface area contributed by atoms with Crippen molar-refractivity contribution in [1.29, 1.82) is 0 Å². The topological polar surface area (TPSA) is 64.2 Å². The van der Waals surface area contributed by atoms with E-state index in [0.717, 1.165) is 36.3 Å². The van der Waals surface area contributed by atoms with E-state index in [1.54, 1.807) is 23.7 Å². The summed E-state index contributed by atoms with van der Waals surface area (Å²) in [5.74, 6) is -0.563. The lowest BCUT2D eigenvalue weighted by molar-refractivity contribution is -0.122. The van der Waals surface area contributed by atoms with Gasteiger partial charge in [0.2, 0.25) is 5.91 Å². The van der Waals surface area contributed by atoms with E-state index in [9.17, 15) is 9.18 Å². The third-order valence-corrected chi connectivity index (χ3v) is 4.09. The molecule has 0 radical (unpaired) electrons. The molecule has 1 amide bonds. The molecule has 0 aliphatic carbocycles. The number of rotatable bonds is 7. The van der Waals surface area contributed by atoms with Crippen LogP contribution in [0.1, 0.15) is 19.0 Å². The molecule has 2 N–H and O–H groups in total. The van der Waals surface area contributed by atoms with E-state index >= 15 is 0 Å². The van der Waals surface area contributed by atoms with Crippen molar-refractivity contribution in [3.05, 3.63) is 41.8 Å². The molecule has 0 fully saturated rings. The molecule has 23 heavy (non-hydrogen) atoms. The van der Waals surface area contributed by atoms with Gasteiger partial charge in [-0.25, -0.2) is 4.39 Å². The zero-order valence-electron chi connectivity index (χ0n) is 13.8. The van der Waals surface area contributed by atoms with Crippen LogP contribution in [-0.2, 0) is 18.3 Å². The normalized spacial score (nSPS) is 12.6. The number of aryl methyl sites for hydroxylation is 2. The van der Waals surface area contributed by atoms with Crippen LogP contribution in [0.3, 0.4) is 0 Å². The van der Waals surface area contributed by atoms with Crippen LogP contribution < -0.4 is 5.73 Å². The molecule has 6 heteroatoms. The summed E-state index contributed by atoms with van der Waals surface area (Å²) in [4.78, 5) is 13.1. The van der Waals surface area contributed by atoms with Crippen molar-refractivity contribution in [3.8, 4) is 11.3 Å². The van der Waals surface area contributed by atoms with Gasteiger partial charge >= 0.3 is 0 Å². The highest BCUT2D eigenvalue weighted by Crippen LogP contribution is 2.20. The SMILES string of the molecule is C[C@@H](C(N)=O)N(C)CCCc1cc(-c2ccc(F)cc2)n(C)n1. The summed E-state index contributed by atoms with van der Waals surface area (Å²) in [6, 6.07) is 8.14. The highest BCUT2D eigenvalue weighted by molar-refractivity contribution is 5.79. The number of hydrogen-bond donors (Lipinski definition) is 1. The lowest BCUT2D eigenvalue weighted by Gasteiger charge is -2.21. The fraction of sp³-hybridized carbons (Fsp3) is 0.412. The van der Waals surface area contributed by atoms with Crippen LogP contribution >= 0.6 is 0 Å². The van der Waals surface area contributed by atoms with Crippen molar-refractivity contribution >= 4 is 5.91 Å². The first-order valence-electron chi connectivity index (χ1n) is 7.67. The Kier molecular flexibility index (Phi) is 5.50. The standard InChI is InChI=1S/C17H23FN4O/c1-12(17(19)23)21(2)10-4-5-15-11-16(22(3)20-15)13-6-8-14(18)9-7-13/h6-9,11-12H,4-5,10H2,1-3H3,(H2,19,23)/t12-/m0/s1. The maximum absolute atomic E-state index is 13.0. The molecule has 2 aromatic rings. The summed E-state index contributed by atoms with van der Waals surface area (Å²) in [6.45, 7) is 2.57. The molecule has 0 saturated heterocycles. The number of halogens is 1. The van der Waals surface area contributed by atoms with Gasteiger partial charge < -0.3 is 5.73 Å². The third kappa shape index (κ3) is 4.39. The van der Waals surface area contributed by atoms with Crippen molar-refractivity contribution in [1.82, 2.24) is 14.7 Å². The molecule has 1 atom stereocenters. The first-order chi connectivity index (χ1) is 10.9. The minimum atomic E-state index is -0.316. The Morgan fingerprint density at radius 2 is 2.04 bits per heavy atom. The molecule has 0 spiro atoms. The molecule has 0 saturated carbocycles. The van der Waals surface area contributed by atoms with Gasteiger partial charge in [0.15, 0.2) is 0 Å². The van der Waals surface area contributed by atoms with Gasteiger partial charge in [-0.3, -0.25) is 14.4 Å². The van der Waals surface area contributed by atoms with E-state index in [4.69, 9.17) is 5.73 Å². The molecular formula is C17H23FN4O. The van der Waals surface area contributed by atoms with E-state index in [2.05, 4.69) is 5.10 Å². The van der Waals surface area contributed by atoms with Crippen LogP contribution in [0.15, 0.2) is 30.3 Å². The smallest absolute Gasteiger partial charge is 0.234 e. The number of primary amides is 1. The van der Waals surface area contributed by atoms with Crippen LogP contribution in [0.25, 0.3) is 11.3 Å². The Labute approximate surface area is 135 Å². The van der Waals surface area contributed by atoms with Crippen LogP contribution in [-0.4, -0.2) is 40.2 Å². The summed E-state index contributed by atoms with van der Waals surface area (Å²) < 4.78 is 14.8. The number of carbonyl (C=O) groups excluding carboxylic acids is 1.